The van der Waals surface area contributed by atoms with Crippen LogP contribution >= 0.6 is 0 Å². The first-order valence-corrected chi connectivity index (χ1v) is 4.98. The molecule has 1 aromatic heterocycles. The highest BCUT2D eigenvalue weighted by Gasteiger charge is 2.01. The number of benzene rings is 1. The second-order valence-electron chi connectivity index (χ2n) is 3.16. The molecule has 4 heteroatoms. The van der Waals surface area contributed by atoms with Crippen LogP contribution in [-0.4, -0.2) is 18.1 Å². The van der Waals surface area contributed by atoms with Crippen LogP contribution in [0.4, 0.5) is 4.39 Å². The molecule has 0 amide bonds. The van der Waals surface area contributed by atoms with Crippen molar-refractivity contribution in [2.45, 2.75) is 13.8 Å². The molecule has 0 saturated carbocycles. The number of aryl methyl sites for hydroxylation is 1. The first-order valence-electron chi connectivity index (χ1n) is 4.98. The molecule has 1 aromatic carbocycles. The predicted molar refractivity (Wildman–Crippen MR) is 60.7 cm³/mol. The number of halogens is 1. The molecule has 1 N–H and O–H groups in total. The number of aromatic nitrogens is 1. The normalized spacial score (nSPS) is 9.44. The number of hydrogen-bond donors (Lipinski definition) is 1. The number of ether oxygens (including phenoxy) is 1. The molecule has 0 spiro atoms. The zero-order valence-electron chi connectivity index (χ0n) is 9.29. The molecule has 2 aromatic rings. The topological polar surface area (TPSA) is 42.1 Å². The average molecular weight is 223 g/mol. The van der Waals surface area contributed by atoms with Crippen LogP contribution in [0.15, 0.2) is 24.4 Å². The van der Waals surface area contributed by atoms with Gasteiger partial charge in [0.25, 0.3) is 6.47 Å². The highest BCUT2D eigenvalue weighted by Crippen LogP contribution is 2.18. The average Bonchev–Trinajstić information content (AvgIpc) is 2.74. The van der Waals surface area contributed by atoms with E-state index in [9.17, 15) is 9.18 Å². The van der Waals surface area contributed by atoms with E-state index in [-0.39, 0.29) is 5.82 Å². The van der Waals surface area contributed by atoms with Gasteiger partial charge in [-0.05, 0) is 37.6 Å². The molecule has 0 aliphatic rings. The number of hydrogen-bond acceptors (Lipinski definition) is 2. The van der Waals surface area contributed by atoms with Crippen LogP contribution in [0.5, 0.6) is 0 Å². The van der Waals surface area contributed by atoms with Gasteiger partial charge >= 0.3 is 0 Å². The molecule has 0 bridgehead atoms. The van der Waals surface area contributed by atoms with Crippen LogP contribution < -0.4 is 0 Å². The minimum Gasteiger partial charge on any atom is -0.468 e. The van der Waals surface area contributed by atoms with Gasteiger partial charge in [0, 0.05) is 17.1 Å². The van der Waals surface area contributed by atoms with Crippen LogP contribution in [0.2, 0.25) is 0 Å². The summed E-state index contributed by atoms with van der Waals surface area (Å²) in [6.45, 7) is 4.45. The summed E-state index contributed by atoms with van der Waals surface area (Å²) in [6.07, 6.45) is 1.82. The van der Waals surface area contributed by atoms with E-state index in [1.165, 1.54) is 6.07 Å². The zero-order chi connectivity index (χ0) is 12.0. The first-order chi connectivity index (χ1) is 7.70. The molecule has 0 saturated heterocycles. The third-order valence-electron chi connectivity index (χ3n) is 2.17. The molecule has 0 unspecified atom stereocenters. The number of rotatable bonds is 2. The maximum atomic E-state index is 12.9. The maximum Gasteiger partial charge on any atom is 0.293 e. The number of carbonyl (C=O) groups excluding carboxylic acids is 1. The van der Waals surface area contributed by atoms with Gasteiger partial charge in [-0.1, -0.05) is 0 Å². The van der Waals surface area contributed by atoms with Crippen molar-refractivity contribution in [3.8, 4) is 0 Å². The van der Waals surface area contributed by atoms with E-state index in [0.29, 0.717) is 18.6 Å². The summed E-state index contributed by atoms with van der Waals surface area (Å²) in [5, 5.41) is 0.963. The van der Waals surface area contributed by atoms with E-state index in [2.05, 4.69) is 9.72 Å². The minimum absolute atomic E-state index is 0.142. The second-order valence-corrected chi connectivity index (χ2v) is 3.16. The van der Waals surface area contributed by atoms with E-state index in [1.54, 1.807) is 19.9 Å². The summed E-state index contributed by atoms with van der Waals surface area (Å²) < 4.78 is 17.1. The van der Waals surface area contributed by atoms with Crippen molar-refractivity contribution in [2.24, 2.45) is 0 Å². The Labute approximate surface area is 93.2 Å². The Hall–Kier alpha value is -1.84. The second kappa shape index (κ2) is 5.90. The quantitative estimate of drug-likeness (QED) is 0.795. The van der Waals surface area contributed by atoms with Crippen LogP contribution in [0.25, 0.3) is 10.9 Å². The molecule has 2 rings (SSSR count). The van der Waals surface area contributed by atoms with Crippen LogP contribution in [-0.2, 0) is 9.53 Å². The Balaban J connectivity index is 0.000000221. The summed E-state index contributed by atoms with van der Waals surface area (Å²) >= 11 is 0. The molecular formula is C12H14FNO2. The lowest BCUT2D eigenvalue weighted by Crippen LogP contribution is -1.81. The zero-order valence-corrected chi connectivity index (χ0v) is 9.29. The number of nitrogens with one attached hydrogen (secondary N) is 1. The van der Waals surface area contributed by atoms with E-state index in [0.717, 1.165) is 10.9 Å². The third-order valence-corrected chi connectivity index (χ3v) is 2.17. The van der Waals surface area contributed by atoms with Gasteiger partial charge in [-0.2, -0.15) is 0 Å². The maximum absolute atomic E-state index is 12.9. The van der Waals surface area contributed by atoms with Crippen molar-refractivity contribution >= 4 is 17.4 Å². The van der Waals surface area contributed by atoms with Crippen molar-refractivity contribution in [3.63, 3.8) is 0 Å². The lowest BCUT2D eigenvalue weighted by atomic mass is 10.1. The molecule has 86 valence electrons. The van der Waals surface area contributed by atoms with Crippen LogP contribution in [0, 0.1) is 12.7 Å². The van der Waals surface area contributed by atoms with Gasteiger partial charge in [-0.15, -0.1) is 0 Å². The van der Waals surface area contributed by atoms with E-state index in [1.807, 2.05) is 12.3 Å². The lowest BCUT2D eigenvalue weighted by molar-refractivity contribution is -0.128. The Bertz CT molecular complexity index is 465. The first kappa shape index (κ1) is 12.2. The molecule has 0 aliphatic heterocycles. The van der Waals surface area contributed by atoms with Crippen LogP contribution in [0.3, 0.4) is 0 Å². The third kappa shape index (κ3) is 2.82. The fraction of sp³-hybridized carbons (Fsp3) is 0.250. The number of aromatic amines is 1. The summed E-state index contributed by atoms with van der Waals surface area (Å²) in [5.74, 6) is -0.142. The standard InChI is InChI=1S/C9H8FN.C3H6O2/c1-6-7-4-5-11-9(7)3-2-8(6)10;1-2-5-3-4/h2-5,11H,1H3;3H,2H2,1H3. The van der Waals surface area contributed by atoms with Crippen LogP contribution in [0.1, 0.15) is 12.5 Å². The summed E-state index contributed by atoms with van der Waals surface area (Å²) in [7, 11) is 0. The van der Waals surface area contributed by atoms with Gasteiger partial charge in [-0.3, -0.25) is 4.79 Å². The van der Waals surface area contributed by atoms with Gasteiger partial charge in [0.1, 0.15) is 5.82 Å². The largest absolute Gasteiger partial charge is 0.468 e. The lowest BCUT2D eigenvalue weighted by Gasteiger charge is -1.96. The molecule has 0 radical (unpaired) electrons. The number of fused-ring (bicyclic) bond motifs is 1. The summed E-state index contributed by atoms with van der Waals surface area (Å²) in [4.78, 5) is 12.2. The molecular weight excluding hydrogens is 209 g/mol. The Morgan fingerprint density at radius 1 is 1.44 bits per heavy atom. The smallest absolute Gasteiger partial charge is 0.293 e. The minimum atomic E-state index is -0.142. The number of H-pyrrole nitrogens is 1. The van der Waals surface area contributed by atoms with Crippen molar-refractivity contribution < 1.29 is 13.9 Å². The van der Waals surface area contributed by atoms with Crippen molar-refractivity contribution in [3.05, 3.63) is 35.8 Å². The van der Waals surface area contributed by atoms with Crippen molar-refractivity contribution in [2.75, 3.05) is 6.61 Å². The van der Waals surface area contributed by atoms with Gasteiger partial charge in [0.05, 0.1) is 6.61 Å². The van der Waals surface area contributed by atoms with Crippen molar-refractivity contribution in [1.82, 2.24) is 4.98 Å². The Kier molecular flexibility index (Phi) is 4.51. The Morgan fingerprint density at radius 3 is 2.75 bits per heavy atom. The van der Waals surface area contributed by atoms with Crippen molar-refractivity contribution in [1.29, 1.82) is 0 Å². The molecule has 0 aliphatic carbocycles. The highest BCUT2D eigenvalue weighted by molar-refractivity contribution is 5.82. The highest BCUT2D eigenvalue weighted by atomic mass is 19.1. The van der Waals surface area contributed by atoms with Gasteiger partial charge < -0.3 is 9.72 Å². The van der Waals surface area contributed by atoms with Gasteiger partial charge in [0.2, 0.25) is 0 Å². The number of carbonyl (C=O) groups is 1. The fourth-order valence-electron chi connectivity index (χ4n) is 1.33. The van der Waals surface area contributed by atoms with E-state index in [4.69, 9.17) is 0 Å². The summed E-state index contributed by atoms with van der Waals surface area (Å²) in [6, 6.07) is 5.11. The predicted octanol–water partition coefficient (Wildman–Crippen LogP) is 2.79. The van der Waals surface area contributed by atoms with Gasteiger partial charge in [0.15, 0.2) is 0 Å². The SMILES string of the molecule is CCOC=O.Cc1c(F)ccc2[nH]ccc12. The van der Waals surface area contributed by atoms with E-state index < -0.39 is 0 Å². The monoisotopic (exact) mass is 223 g/mol. The molecule has 1 heterocycles. The van der Waals surface area contributed by atoms with E-state index >= 15 is 0 Å². The molecule has 16 heavy (non-hydrogen) atoms. The molecule has 3 nitrogen and oxygen atoms in total. The molecule has 0 atom stereocenters. The summed E-state index contributed by atoms with van der Waals surface area (Å²) in [5.41, 5.74) is 1.70. The fourth-order valence-corrected chi connectivity index (χ4v) is 1.33. The molecule has 0 fully saturated rings. The van der Waals surface area contributed by atoms with Gasteiger partial charge in [-0.25, -0.2) is 4.39 Å². The Morgan fingerprint density at radius 2 is 2.19 bits per heavy atom.